The van der Waals surface area contributed by atoms with Gasteiger partial charge in [-0.15, -0.1) is 0 Å². The van der Waals surface area contributed by atoms with Crippen LogP contribution >= 0.6 is 0 Å². The first-order valence-electron chi connectivity index (χ1n) is 9.13. The fraction of sp³-hybridized carbons (Fsp3) is 0.400. The SMILES string of the molecule is CC[C@H](C)NC(=O)NC(=O)COC(=O)C[C@@H]1c2ccccc2C=CN1C(C)=O. The molecule has 8 nitrogen and oxygen atoms in total. The number of benzene rings is 1. The van der Waals surface area contributed by atoms with Gasteiger partial charge in [-0.05, 0) is 30.5 Å². The Morgan fingerprint density at radius 1 is 1.21 bits per heavy atom. The van der Waals surface area contributed by atoms with Gasteiger partial charge in [0.05, 0.1) is 12.5 Å². The number of carbonyl (C=O) groups excluding carboxylic acids is 4. The predicted octanol–water partition coefficient (Wildman–Crippen LogP) is 2.12. The van der Waals surface area contributed by atoms with Crippen molar-refractivity contribution in [3.63, 3.8) is 0 Å². The molecule has 150 valence electrons. The summed E-state index contributed by atoms with van der Waals surface area (Å²) in [5, 5.41) is 4.68. The molecule has 1 aromatic rings. The fourth-order valence-electron chi connectivity index (χ4n) is 2.80. The lowest BCUT2D eigenvalue weighted by Crippen LogP contribution is -2.44. The Bertz CT molecular complexity index is 790. The molecule has 0 spiro atoms. The second kappa shape index (κ2) is 9.68. The molecule has 28 heavy (non-hydrogen) atoms. The van der Waals surface area contributed by atoms with Gasteiger partial charge in [0.2, 0.25) is 5.91 Å². The highest BCUT2D eigenvalue weighted by molar-refractivity contribution is 5.95. The van der Waals surface area contributed by atoms with E-state index in [0.29, 0.717) is 0 Å². The van der Waals surface area contributed by atoms with Crippen molar-refractivity contribution in [2.75, 3.05) is 6.61 Å². The monoisotopic (exact) mass is 387 g/mol. The van der Waals surface area contributed by atoms with E-state index >= 15 is 0 Å². The van der Waals surface area contributed by atoms with E-state index in [1.54, 1.807) is 13.1 Å². The van der Waals surface area contributed by atoms with E-state index in [1.165, 1.54) is 11.8 Å². The van der Waals surface area contributed by atoms with Gasteiger partial charge in [0.25, 0.3) is 5.91 Å². The summed E-state index contributed by atoms with van der Waals surface area (Å²) < 4.78 is 4.99. The van der Waals surface area contributed by atoms with Crippen LogP contribution in [0.5, 0.6) is 0 Å². The smallest absolute Gasteiger partial charge is 0.321 e. The van der Waals surface area contributed by atoms with E-state index in [4.69, 9.17) is 4.74 Å². The quantitative estimate of drug-likeness (QED) is 0.728. The maximum atomic E-state index is 12.2. The van der Waals surface area contributed by atoms with Crippen molar-refractivity contribution in [3.8, 4) is 0 Å². The van der Waals surface area contributed by atoms with E-state index in [2.05, 4.69) is 10.6 Å². The average molecular weight is 387 g/mol. The highest BCUT2D eigenvalue weighted by atomic mass is 16.5. The summed E-state index contributed by atoms with van der Waals surface area (Å²) in [6.07, 6.45) is 4.06. The van der Waals surface area contributed by atoms with E-state index in [1.807, 2.05) is 37.3 Å². The lowest BCUT2D eigenvalue weighted by molar-refractivity contribution is -0.150. The van der Waals surface area contributed by atoms with Gasteiger partial charge in [-0.2, -0.15) is 0 Å². The van der Waals surface area contributed by atoms with Crippen LogP contribution in [-0.2, 0) is 19.1 Å². The number of hydrogen-bond acceptors (Lipinski definition) is 5. The zero-order chi connectivity index (χ0) is 20.7. The maximum absolute atomic E-state index is 12.2. The molecule has 1 heterocycles. The molecule has 1 aliphatic rings. The molecular formula is C20H25N3O5. The highest BCUT2D eigenvalue weighted by Gasteiger charge is 2.29. The summed E-state index contributed by atoms with van der Waals surface area (Å²) in [6.45, 7) is 4.55. The van der Waals surface area contributed by atoms with Crippen molar-refractivity contribution in [1.82, 2.24) is 15.5 Å². The zero-order valence-corrected chi connectivity index (χ0v) is 16.2. The van der Waals surface area contributed by atoms with Crippen LogP contribution in [0.3, 0.4) is 0 Å². The highest BCUT2D eigenvalue weighted by Crippen LogP contribution is 2.32. The number of urea groups is 1. The molecule has 0 saturated heterocycles. The number of fused-ring (bicyclic) bond motifs is 1. The summed E-state index contributed by atoms with van der Waals surface area (Å²) in [5.41, 5.74) is 1.74. The summed E-state index contributed by atoms with van der Waals surface area (Å²) >= 11 is 0. The first kappa shape index (κ1) is 21.1. The molecule has 0 bridgehead atoms. The second-order valence-electron chi connectivity index (χ2n) is 6.58. The fourth-order valence-corrected chi connectivity index (χ4v) is 2.80. The van der Waals surface area contributed by atoms with Gasteiger partial charge < -0.3 is 15.0 Å². The van der Waals surface area contributed by atoms with E-state index in [0.717, 1.165) is 17.5 Å². The molecule has 4 amide bonds. The Labute approximate surface area is 163 Å². The summed E-state index contributed by atoms with van der Waals surface area (Å²) in [5.74, 6) is -1.57. The topological polar surface area (TPSA) is 105 Å². The summed E-state index contributed by atoms with van der Waals surface area (Å²) in [7, 11) is 0. The van der Waals surface area contributed by atoms with Gasteiger partial charge in [0, 0.05) is 19.2 Å². The molecule has 2 atom stereocenters. The molecule has 1 aliphatic heterocycles. The Hall–Kier alpha value is -3.16. The Morgan fingerprint density at radius 3 is 2.61 bits per heavy atom. The minimum Gasteiger partial charge on any atom is -0.455 e. The first-order valence-corrected chi connectivity index (χ1v) is 9.13. The molecule has 0 radical (unpaired) electrons. The minimum absolute atomic E-state index is 0.0765. The molecule has 0 aromatic heterocycles. The van der Waals surface area contributed by atoms with Gasteiger partial charge in [-0.3, -0.25) is 19.7 Å². The van der Waals surface area contributed by atoms with Crippen molar-refractivity contribution in [1.29, 1.82) is 0 Å². The van der Waals surface area contributed by atoms with Gasteiger partial charge in [0.15, 0.2) is 6.61 Å². The van der Waals surface area contributed by atoms with Crippen LogP contribution in [0.15, 0.2) is 30.5 Å². The van der Waals surface area contributed by atoms with Gasteiger partial charge >= 0.3 is 12.0 Å². The average Bonchev–Trinajstić information content (AvgIpc) is 2.66. The number of nitrogens with one attached hydrogen (secondary N) is 2. The zero-order valence-electron chi connectivity index (χ0n) is 16.2. The third-order valence-electron chi connectivity index (χ3n) is 4.44. The number of esters is 1. The maximum Gasteiger partial charge on any atom is 0.321 e. The van der Waals surface area contributed by atoms with E-state index in [9.17, 15) is 19.2 Å². The number of carbonyl (C=O) groups is 4. The molecule has 8 heteroatoms. The minimum atomic E-state index is -0.721. The molecule has 0 unspecified atom stereocenters. The third-order valence-corrected chi connectivity index (χ3v) is 4.44. The molecule has 0 saturated carbocycles. The van der Waals surface area contributed by atoms with Crippen molar-refractivity contribution in [2.45, 2.75) is 45.7 Å². The lowest BCUT2D eigenvalue weighted by Gasteiger charge is -2.32. The van der Waals surface area contributed by atoms with E-state index < -0.39 is 30.6 Å². The van der Waals surface area contributed by atoms with E-state index in [-0.39, 0.29) is 18.4 Å². The van der Waals surface area contributed by atoms with Crippen molar-refractivity contribution < 1.29 is 23.9 Å². The second-order valence-corrected chi connectivity index (χ2v) is 6.58. The number of amides is 4. The lowest BCUT2D eigenvalue weighted by atomic mass is 9.94. The van der Waals surface area contributed by atoms with Crippen LogP contribution in [0.1, 0.15) is 50.8 Å². The molecule has 0 aliphatic carbocycles. The van der Waals surface area contributed by atoms with Crippen LogP contribution in [0.25, 0.3) is 6.08 Å². The number of imide groups is 1. The normalized spacial score (nSPS) is 16.0. The summed E-state index contributed by atoms with van der Waals surface area (Å²) in [6, 6.07) is 6.22. The van der Waals surface area contributed by atoms with Crippen molar-refractivity contribution >= 4 is 29.9 Å². The Balaban J connectivity index is 1.92. The largest absolute Gasteiger partial charge is 0.455 e. The number of rotatable bonds is 6. The number of ether oxygens (including phenoxy) is 1. The summed E-state index contributed by atoms with van der Waals surface area (Å²) in [4.78, 5) is 49.0. The van der Waals surface area contributed by atoms with Gasteiger partial charge in [-0.25, -0.2) is 4.79 Å². The Morgan fingerprint density at radius 2 is 1.93 bits per heavy atom. The number of nitrogens with zero attached hydrogens (tertiary/aromatic N) is 1. The molecule has 1 aromatic carbocycles. The van der Waals surface area contributed by atoms with Gasteiger partial charge in [0.1, 0.15) is 0 Å². The molecule has 2 rings (SSSR count). The van der Waals surface area contributed by atoms with Crippen LogP contribution < -0.4 is 10.6 Å². The van der Waals surface area contributed by atoms with Crippen LogP contribution in [-0.4, -0.2) is 41.4 Å². The predicted molar refractivity (Wildman–Crippen MR) is 103 cm³/mol. The van der Waals surface area contributed by atoms with Gasteiger partial charge in [-0.1, -0.05) is 31.2 Å². The molecule has 0 fully saturated rings. The van der Waals surface area contributed by atoms with Crippen molar-refractivity contribution in [2.24, 2.45) is 0 Å². The standard InChI is InChI=1S/C20H25N3O5/c1-4-13(2)21-20(27)22-18(25)12-28-19(26)11-17-16-8-6-5-7-15(16)9-10-23(17)14(3)24/h5-10,13,17H,4,11-12H2,1-3H3,(H2,21,22,25,27)/t13-,17+/m0/s1. The number of hydrogen-bond donors (Lipinski definition) is 2. The van der Waals surface area contributed by atoms with Crippen molar-refractivity contribution in [3.05, 3.63) is 41.6 Å². The first-order chi connectivity index (χ1) is 13.3. The van der Waals surface area contributed by atoms with Crippen LogP contribution in [0, 0.1) is 0 Å². The molecular weight excluding hydrogens is 362 g/mol. The van der Waals surface area contributed by atoms with Crippen LogP contribution in [0.2, 0.25) is 0 Å². The van der Waals surface area contributed by atoms with Crippen LogP contribution in [0.4, 0.5) is 4.79 Å². The third kappa shape index (κ3) is 5.67. The molecule has 2 N–H and O–H groups in total. The Kier molecular flexibility index (Phi) is 7.31.